The first-order valence-electron chi connectivity index (χ1n) is 7.00. The molecule has 8 nitrogen and oxygen atoms in total. The van der Waals surface area contributed by atoms with Crippen molar-refractivity contribution in [2.75, 3.05) is 0 Å². The summed E-state index contributed by atoms with van der Waals surface area (Å²) in [7, 11) is 0. The van der Waals surface area contributed by atoms with Crippen LogP contribution in [0.25, 0.3) is 0 Å². The maximum Gasteiger partial charge on any atom is 0.318 e. The first-order chi connectivity index (χ1) is 10.1. The van der Waals surface area contributed by atoms with Crippen molar-refractivity contribution in [3.8, 4) is 0 Å². The van der Waals surface area contributed by atoms with Crippen LogP contribution in [0.2, 0.25) is 0 Å². The Hall–Kier alpha value is -2.12. The predicted octanol–water partition coefficient (Wildman–Crippen LogP) is 1.53. The van der Waals surface area contributed by atoms with Gasteiger partial charge in [0.15, 0.2) is 11.8 Å². The standard InChI is InChI=1S/C14H22O8/c1-3-4-5-6-7-14(2,8(10(15)16)11(17)18)9(12(19)20)13(21)22/h8-9H,3-7H2,1-2H3,(H,15,16)(H,17,18)(H,19,20)(H,21,22). The maximum atomic E-state index is 11.3. The Labute approximate surface area is 127 Å². The molecule has 0 rings (SSSR count). The summed E-state index contributed by atoms with van der Waals surface area (Å²) in [5.74, 6) is -11.2. The van der Waals surface area contributed by atoms with Crippen LogP contribution in [-0.2, 0) is 19.2 Å². The fraction of sp³-hybridized carbons (Fsp3) is 0.714. The Morgan fingerprint density at radius 1 is 0.773 bits per heavy atom. The molecule has 0 radical (unpaired) electrons. The minimum absolute atomic E-state index is 0.112. The van der Waals surface area contributed by atoms with Gasteiger partial charge in [0.25, 0.3) is 0 Å². The molecule has 0 aromatic heterocycles. The smallest absolute Gasteiger partial charge is 0.318 e. The monoisotopic (exact) mass is 318 g/mol. The molecule has 0 amide bonds. The Bertz CT molecular complexity index is 382. The topological polar surface area (TPSA) is 149 Å². The van der Waals surface area contributed by atoms with Gasteiger partial charge in [0.2, 0.25) is 0 Å². The molecule has 0 atom stereocenters. The molecule has 0 saturated heterocycles. The molecule has 0 unspecified atom stereocenters. The lowest BCUT2D eigenvalue weighted by atomic mass is 9.64. The summed E-state index contributed by atoms with van der Waals surface area (Å²) < 4.78 is 0. The van der Waals surface area contributed by atoms with Crippen molar-refractivity contribution in [2.45, 2.75) is 46.0 Å². The Kier molecular flexibility index (Phi) is 7.55. The molecule has 126 valence electrons. The molecule has 0 fully saturated rings. The zero-order valence-electron chi connectivity index (χ0n) is 12.6. The van der Waals surface area contributed by atoms with Gasteiger partial charge in [0.05, 0.1) is 0 Å². The van der Waals surface area contributed by atoms with Gasteiger partial charge in [-0.05, 0) is 6.42 Å². The molecule has 0 saturated carbocycles. The van der Waals surface area contributed by atoms with Crippen LogP contribution in [0.15, 0.2) is 0 Å². The minimum Gasteiger partial charge on any atom is -0.481 e. The predicted molar refractivity (Wildman–Crippen MR) is 74.4 cm³/mol. The van der Waals surface area contributed by atoms with E-state index in [1.807, 2.05) is 6.92 Å². The first kappa shape index (κ1) is 19.9. The summed E-state index contributed by atoms with van der Waals surface area (Å²) in [6.07, 6.45) is 2.58. The van der Waals surface area contributed by atoms with E-state index in [1.54, 1.807) is 0 Å². The van der Waals surface area contributed by atoms with Crippen LogP contribution in [0.3, 0.4) is 0 Å². The number of hydrogen-bond acceptors (Lipinski definition) is 4. The highest BCUT2D eigenvalue weighted by molar-refractivity contribution is 5.99. The second-order valence-electron chi connectivity index (χ2n) is 5.54. The van der Waals surface area contributed by atoms with Crippen molar-refractivity contribution in [3.05, 3.63) is 0 Å². The van der Waals surface area contributed by atoms with Gasteiger partial charge in [-0.2, -0.15) is 0 Å². The van der Waals surface area contributed by atoms with Gasteiger partial charge < -0.3 is 20.4 Å². The highest BCUT2D eigenvalue weighted by Crippen LogP contribution is 2.42. The van der Waals surface area contributed by atoms with Gasteiger partial charge in [0.1, 0.15) is 0 Å². The summed E-state index contributed by atoms with van der Waals surface area (Å²) in [5, 5.41) is 36.5. The third kappa shape index (κ3) is 4.71. The number of carboxylic acids is 4. The second-order valence-corrected chi connectivity index (χ2v) is 5.54. The summed E-state index contributed by atoms with van der Waals surface area (Å²) in [6, 6.07) is 0. The van der Waals surface area contributed by atoms with E-state index in [-0.39, 0.29) is 6.42 Å². The van der Waals surface area contributed by atoms with Crippen LogP contribution in [0, 0.1) is 17.3 Å². The molecule has 0 aliphatic carbocycles. The molecular formula is C14H22O8. The van der Waals surface area contributed by atoms with E-state index in [0.717, 1.165) is 19.8 Å². The molecule has 0 bridgehead atoms. The molecule has 0 aliphatic rings. The lowest BCUT2D eigenvalue weighted by Gasteiger charge is -2.36. The van der Waals surface area contributed by atoms with Crippen molar-refractivity contribution in [2.24, 2.45) is 17.3 Å². The average Bonchev–Trinajstić information content (AvgIpc) is 2.32. The Morgan fingerprint density at radius 3 is 1.41 bits per heavy atom. The zero-order valence-corrected chi connectivity index (χ0v) is 12.6. The SMILES string of the molecule is CCCCCCC(C)(C(C(=O)O)C(=O)O)C(C(=O)O)C(=O)O. The molecule has 0 aromatic carbocycles. The van der Waals surface area contributed by atoms with E-state index in [2.05, 4.69) is 0 Å². The van der Waals surface area contributed by atoms with Gasteiger partial charge in [-0.25, -0.2) is 0 Å². The minimum atomic E-state index is -2.11. The molecule has 8 heteroatoms. The van der Waals surface area contributed by atoms with E-state index < -0.39 is 41.1 Å². The van der Waals surface area contributed by atoms with Crippen molar-refractivity contribution in [1.29, 1.82) is 0 Å². The number of aliphatic carboxylic acids is 4. The number of unbranched alkanes of at least 4 members (excludes halogenated alkanes) is 3. The van der Waals surface area contributed by atoms with E-state index in [9.17, 15) is 19.2 Å². The summed E-state index contributed by atoms with van der Waals surface area (Å²) in [6.45, 7) is 3.05. The molecule has 0 aliphatic heterocycles. The van der Waals surface area contributed by atoms with Gasteiger partial charge in [-0.1, -0.05) is 39.5 Å². The lowest BCUT2D eigenvalue weighted by Crippen LogP contribution is -2.49. The molecular weight excluding hydrogens is 296 g/mol. The summed E-state index contributed by atoms with van der Waals surface area (Å²) >= 11 is 0. The highest BCUT2D eigenvalue weighted by Gasteiger charge is 2.55. The summed E-state index contributed by atoms with van der Waals surface area (Å²) in [4.78, 5) is 45.0. The van der Waals surface area contributed by atoms with Crippen molar-refractivity contribution in [3.63, 3.8) is 0 Å². The molecule has 0 aromatic rings. The number of carbonyl (C=O) groups is 4. The normalized spacial score (nSPS) is 11.6. The lowest BCUT2D eigenvalue weighted by molar-refractivity contribution is -0.172. The van der Waals surface area contributed by atoms with E-state index in [4.69, 9.17) is 20.4 Å². The van der Waals surface area contributed by atoms with Crippen LogP contribution in [0.1, 0.15) is 46.0 Å². The van der Waals surface area contributed by atoms with Gasteiger partial charge >= 0.3 is 23.9 Å². The fourth-order valence-electron chi connectivity index (χ4n) is 2.73. The second kappa shape index (κ2) is 8.35. The van der Waals surface area contributed by atoms with Crippen molar-refractivity contribution in [1.82, 2.24) is 0 Å². The van der Waals surface area contributed by atoms with Gasteiger partial charge in [-0.3, -0.25) is 19.2 Å². The van der Waals surface area contributed by atoms with Crippen molar-refractivity contribution < 1.29 is 39.6 Å². The van der Waals surface area contributed by atoms with Crippen LogP contribution in [-0.4, -0.2) is 44.3 Å². The molecule has 0 spiro atoms. The Balaban J connectivity index is 5.71. The van der Waals surface area contributed by atoms with Crippen molar-refractivity contribution >= 4 is 23.9 Å². The third-order valence-corrected chi connectivity index (χ3v) is 3.88. The van der Waals surface area contributed by atoms with Crippen LogP contribution >= 0.6 is 0 Å². The average molecular weight is 318 g/mol. The van der Waals surface area contributed by atoms with E-state index >= 15 is 0 Å². The summed E-state index contributed by atoms with van der Waals surface area (Å²) in [5.41, 5.74) is -1.93. The molecule has 4 N–H and O–H groups in total. The fourth-order valence-corrected chi connectivity index (χ4v) is 2.73. The van der Waals surface area contributed by atoms with E-state index in [1.165, 1.54) is 0 Å². The number of hydrogen-bond donors (Lipinski definition) is 4. The van der Waals surface area contributed by atoms with Crippen LogP contribution < -0.4 is 0 Å². The maximum absolute atomic E-state index is 11.3. The third-order valence-electron chi connectivity index (χ3n) is 3.88. The van der Waals surface area contributed by atoms with Gasteiger partial charge in [-0.15, -0.1) is 0 Å². The number of carboxylic acid groups (broad SMARTS) is 4. The zero-order chi connectivity index (χ0) is 17.5. The quantitative estimate of drug-likeness (QED) is 0.331. The van der Waals surface area contributed by atoms with Gasteiger partial charge in [0, 0.05) is 5.41 Å². The van der Waals surface area contributed by atoms with Crippen LogP contribution in [0.4, 0.5) is 0 Å². The largest absolute Gasteiger partial charge is 0.481 e. The first-order valence-corrected chi connectivity index (χ1v) is 7.00. The Morgan fingerprint density at radius 2 is 1.14 bits per heavy atom. The highest BCUT2D eigenvalue weighted by atomic mass is 16.4. The molecule has 22 heavy (non-hydrogen) atoms. The van der Waals surface area contributed by atoms with E-state index in [0.29, 0.717) is 12.8 Å². The molecule has 0 heterocycles. The number of rotatable bonds is 11. The van der Waals surface area contributed by atoms with Crippen LogP contribution in [0.5, 0.6) is 0 Å².